The summed E-state index contributed by atoms with van der Waals surface area (Å²) in [5.41, 5.74) is -0.0421. The van der Waals surface area contributed by atoms with E-state index in [0.29, 0.717) is 16.8 Å². The zero-order valence-electron chi connectivity index (χ0n) is 22.0. The van der Waals surface area contributed by atoms with Crippen molar-refractivity contribution >= 4 is 15.8 Å². The first-order chi connectivity index (χ1) is 17.7. The molecule has 2 atom stereocenters. The van der Waals surface area contributed by atoms with Crippen molar-refractivity contribution in [2.24, 2.45) is 9.50 Å². The van der Waals surface area contributed by atoms with Crippen LogP contribution in [0.5, 0.6) is 0 Å². The van der Waals surface area contributed by atoms with Gasteiger partial charge in [-0.25, -0.2) is 18.4 Å². The van der Waals surface area contributed by atoms with Gasteiger partial charge in [0.25, 0.3) is 5.91 Å². The number of rotatable bonds is 8. The van der Waals surface area contributed by atoms with Gasteiger partial charge in [-0.05, 0) is 53.6 Å². The van der Waals surface area contributed by atoms with Crippen LogP contribution in [0.3, 0.4) is 0 Å². The fourth-order valence-corrected chi connectivity index (χ4v) is 5.19. The number of nitrogens with zero attached hydrogens (tertiary/aromatic N) is 4. The highest BCUT2D eigenvalue weighted by atomic mass is 32.2. The van der Waals surface area contributed by atoms with E-state index in [1.165, 1.54) is 23.7 Å². The fourth-order valence-electron chi connectivity index (χ4n) is 4.25. The van der Waals surface area contributed by atoms with Gasteiger partial charge in [-0.15, -0.1) is 4.36 Å². The number of carbonyl (C=O) groups is 1. The van der Waals surface area contributed by atoms with Crippen LogP contribution in [0.4, 0.5) is 4.39 Å². The lowest BCUT2D eigenvalue weighted by molar-refractivity contribution is -0.117. The fraction of sp³-hybridized carbons (Fsp3) is 0.370. The van der Waals surface area contributed by atoms with E-state index in [1.54, 1.807) is 44.2 Å². The van der Waals surface area contributed by atoms with Crippen molar-refractivity contribution in [3.05, 3.63) is 76.2 Å². The Balaban J connectivity index is 2.13. The van der Waals surface area contributed by atoms with E-state index in [4.69, 9.17) is 5.14 Å². The van der Waals surface area contributed by atoms with E-state index in [9.17, 15) is 24.5 Å². The highest BCUT2D eigenvalue weighted by Crippen LogP contribution is 2.33. The Labute approximate surface area is 222 Å². The Morgan fingerprint density at radius 1 is 1.24 bits per heavy atom. The number of aromatic nitrogens is 2. The van der Waals surface area contributed by atoms with Gasteiger partial charge in [0, 0.05) is 6.07 Å². The molecule has 3 aromatic rings. The molecule has 2 aromatic carbocycles. The molecule has 0 spiro atoms. The molecule has 0 saturated carbocycles. The van der Waals surface area contributed by atoms with Crippen LogP contribution < -0.4 is 5.14 Å². The second-order valence-corrected chi connectivity index (χ2v) is 11.7. The standard InChI is InChI=1S/C27H32FN5O4S/c1-16(2)20-11-18(14-29)26(28)25(17(3)4)21(20)12-23(35)32-38(30,37)24-13-22(27(5,36)15-34)33(31-24)19-9-7-6-8-10-19/h6-11,13,16-17,34,36H,12,15H2,1-5H3,(H2,30,32,35,37). The SMILES string of the molecule is CC(C)c1cc(C#N)c(F)c(C(C)C)c1CC(=O)N=S(N)(=O)c1cc(C(C)(O)CO)n(-c2ccccc2)n1. The van der Waals surface area contributed by atoms with Gasteiger partial charge in [0.2, 0.25) is 0 Å². The second kappa shape index (κ2) is 11.1. The van der Waals surface area contributed by atoms with Crippen LogP contribution in [0, 0.1) is 17.1 Å². The summed E-state index contributed by atoms with van der Waals surface area (Å²) >= 11 is 0. The van der Waals surface area contributed by atoms with Gasteiger partial charge in [-0.3, -0.25) is 4.79 Å². The smallest absolute Gasteiger partial charge is 0.259 e. The van der Waals surface area contributed by atoms with E-state index in [-0.39, 0.29) is 40.1 Å². The lowest BCUT2D eigenvalue weighted by Gasteiger charge is -2.21. The monoisotopic (exact) mass is 541 g/mol. The first-order valence-electron chi connectivity index (χ1n) is 12.1. The Morgan fingerprint density at radius 2 is 1.87 bits per heavy atom. The summed E-state index contributed by atoms with van der Waals surface area (Å²) in [6.45, 7) is 7.93. The molecule has 1 aromatic heterocycles. The van der Waals surface area contributed by atoms with E-state index in [0.717, 1.165) is 0 Å². The third-order valence-corrected chi connectivity index (χ3v) is 7.45. The molecule has 0 aliphatic carbocycles. The number of halogens is 1. The summed E-state index contributed by atoms with van der Waals surface area (Å²) in [7, 11) is -3.89. The lowest BCUT2D eigenvalue weighted by atomic mass is 9.85. The van der Waals surface area contributed by atoms with Crippen molar-refractivity contribution in [3.63, 3.8) is 0 Å². The molecule has 0 saturated heterocycles. The number of hydrogen-bond donors (Lipinski definition) is 3. The van der Waals surface area contributed by atoms with Crippen LogP contribution in [-0.2, 0) is 26.7 Å². The van der Waals surface area contributed by atoms with Crippen LogP contribution in [0.25, 0.3) is 5.69 Å². The summed E-state index contributed by atoms with van der Waals surface area (Å²) in [4.78, 5) is 13.1. The Bertz CT molecular complexity index is 1510. The molecule has 1 heterocycles. The van der Waals surface area contributed by atoms with Crippen molar-refractivity contribution in [1.29, 1.82) is 5.26 Å². The number of aliphatic hydroxyl groups is 2. The Hall–Kier alpha value is -3.43. The number of benzene rings is 2. The van der Waals surface area contributed by atoms with Crippen molar-refractivity contribution in [1.82, 2.24) is 9.78 Å². The van der Waals surface area contributed by atoms with Crippen molar-refractivity contribution in [2.45, 2.75) is 63.5 Å². The molecule has 0 aliphatic rings. The van der Waals surface area contributed by atoms with Gasteiger partial charge in [0.05, 0.1) is 30.0 Å². The maximum atomic E-state index is 15.1. The van der Waals surface area contributed by atoms with E-state index in [1.807, 2.05) is 19.9 Å². The molecule has 0 bridgehead atoms. The van der Waals surface area contributed by atoms with E-state index >= 15 is 4.39 Å². The molecule has 202 valence electrons. The average Bonchev–Trinajstić information content (AvgIpc) is 3.32. The number of hydrogen-bond acceptors (Lipinski definition) is 6. The largest absolute Gasteiger partial charge is 0.393 e. The number of amides is 1. The van der Waals surface area contributed by atoms with Crippen LogP contribution in [0.2, 0.25) is 0 Å². The van der Waals surface area contributed by atoms with Crippen molar-refractivity contribution < 1.29 is 23.6 Å². The molecule has 1 amide bonds. The highest BCUT2D eigenvalue weighted by Gasteiger charge is 2.31. The van der Waals surface area contributed by atoms with Crippen LogP contribution in [0.15, 0.2) is 51.9 Å². The Kier molecular flexibility index (Phi) is 8.53. The quantitative estimate of drug-likeness (QED) is 0.394. The predicted octanol–water partition coefficient (Wildman–Crippen LogP) is 3.80. The molecule has 11 heteroatoms. The normalized spacial score (nSPS) is 14.7. The lowest BCUT2D eigenvalue weighted by Crippen LogP contribution is -2.29. The molecule has 0 fully saturated rings. The molecule has 38 heavy (non-hydrogen) atoms. The zero-order valence-corrected chi connectivity index (χ0v) is 22.8. The Morgan fingerprint density at radius 3 is 2.39 bits per heavy atom. The van der Waals surface area contributed by atoms with Crippen LogP contribution >= 0.6 is 0 Å². The van der Waals surface area contributed by atoms with Gasteiger partial charge < -0.3 is 10.2 Å². The van der Waals surface area contributed by atoms with Crippen molar-refractivity contribution in [2.75, 3.05) is 6.61 Å². The number of nitrogens with two attached hydrogens (primary N) is 1. The summed E-state index contributed by atoms with van der Waals surface area (Å²) in [5, 5.41) is 39.8. The average molecular weight is 542 g/mol. The molecule has 4 N–H and O–H groups in total. The van der Waals surface area contributed by atoms with Gasteiger partial charge >= 0.3 is 0 Å². The zero-order chi connectivity index (χ0) is 28.4. The molecule has 3 rings (SSSR count). The molecule has 9 nitrogen and oxygen atoms in total. The molecule has 0 radical (unpaired) electrons. The number of para-hydroxylation sites is 1. The minimum absolute atomic E-state index is 0.0976. The van der Waals surface area contributed by atoms with E-state index in [2.05, 4.69) is 9.46 Å². The van der Waals surface area contributed by atoms with Crippen LogP contribution in [-0.4, -0.2) is 36.7 Å². The minimum Gasteiger partial charge on any atom is -0.393 e. The predicted molar refractivity (Wildman–Crippen MR) is 141 cm³/mol. The molecular formula is C27H32FN5O4S. The highest BCUT2D eigenvalue weighted by molar-refractivity contribution is 7.91. The van der Waals surface area contributed by atoms with Gasteiger partial charge in [0.1, 0.15) is 17.5 Å². The van der Waals surface area contributed by atoms with Crippen LogP contribution in [0.1, 0.15) is 74.4 Å². The summed E-state index contributed by atoms with van der Waals surface area (Å²) in [6.07, 6.45) is -0.377. The second-order valence-electron chi connectivity index (χ2n) is 9.92. The van der Waals surface area contributed by atoms with Crippen molar-refractivity contribution in [3.8, 4) is 11.8 Å². The number of nitriles is 1. The third-order valence-electron chi connectivity index (χ3n) is 6.18. The first-order valence-corrected chi connectivity index (χ1v) is 13.6. The molecule has 0 aliphatic heterocycles. The summed E-state index contributed by atoms with van der Waals surface area (Å²) in [6, 6.07) is 13.2. The maximum Gasteiger partial charge on any atom is 0.259 e. The summed E-state index contributed by atoms with van der Waals surface area (Å²) in [5.74, 6) is -2.01. The minimum atomic E-state index is -3.89. The third kappa shape index (κ3) is 5.84. The van der Waals surface area contributed by atoms with E-state index < -0.39 is 33.8 Å². The number of carbonyl (C=O) groups excluding carboxylic acids is 1. The van der Waals surface area contributed by atoms with Gasteiger partial charge in [0.15, 0.2) is 14.9 Å². The van der Waals surface area contributed by atoms with Gasteiger partial charge in [-0.1, -0.05) is 45.9 Å². The number of aliphatic hydroxyl groups excluding tert-OH is 1. The van der Waals surface area contributed by atoms with Gasteiger partial charge in [-0.2, -0.15) is 10.4 Å². The maximum absolute atomic E-state index is 15.1. The first kappa shape index (κ1) is 29.1. The molecule has 2 unspecified atom stereocenters. The topological polar surface area (TPSA) is 155 Å². The summed E-state index contributed by atoms with van der Waals surface area (Å²) < 4.78 is 33.6. The molecular weight excluding hydrogens is 509 g/mol.